The molecule has 1 rings (SSSR count). The third-order valence-electron chi connectivity index (χ3n) is 0.994. The van der Waals surface area contributed by atoms with Gasteiger partial charge in [0.2, 0.25) is 0 Å². The van der Waals surface area contributed by atoms with E-state index in [1.165, 1.54) is 15.8 Å². The summed E-state index contributed by atoms with van der Waals surface area (Å²) in [5.41, 5.74) is 0. The molecule has 1 fully saturated rings. The van der Waals surface area contributed by atoms with Crippen molar-refractivity contribution >= 4 is 18.6 Å². The van der Waals surface area contributed by atoms with Gasteiger partial charge < -0.3 is 0 Å². The van der Waals surface area contributed by atoms with Gasteiger partial charge in [0.15, 0.2) is 0 Å². The van der Waals surface area contributed by atoms with E-state index in [1.807, 2.05) is 0 Å². The SMILES string of the molecule is C[N+]1([I-]I)CC1. The van der Waals surface area contributed by atoms with Crippen LogP contribution < -0.4 is 17.5 Å². The van der Waals surface area contributed by atoms with Crippen molar-refractivity contribution in [3.63, 3.8) is 0 Å². The zero-order valence-electron chi connectivity index (χ0n) is 3.62. The summed E-state index contributed by atoms with van der Waals surface area (Å²) in [6.45, 7) is 2.91. The molecule has 0 aromatic carbocycles. The van der Waals surface area contributed by atoms with Crippen molar-refractivity contribution in [3.05, 3.63) is 0 Å². The van der Waals surface area contributed by atoms with E-state index in [1.54, 1.807) is 0 Å². The molecular formula is C3H7I2N. The van der Waals surface area contributed by atoms with Gasteiger partial charge in [-0.3, -0.25) is 0 Å². The van der Waals surface area contributed by atoms with E-state index in [2.05, 4.69) is 25.7 Å². The fourth-order valence-corrected chi connectivity index (χ4v) is 3.23. The van der Waals surface area contributed by atoms with Crippen molar-refractivity contribution in [3.8, 4) is 0 Å². The fourth-order valence-electron chi connectivity index (χ4n) is 0.202. The number of likely N-dealkylation sites (N-methyl/N-ethyl adjacent to an activating group) is 1. The molecule has 1 aliphatic rings. The Morgan fingerprint density at radius 2 is 2.17 bits per heavy atom. The van der Waals surface area contributed by atoms with Crippen LogP contribution in [0.5, 0.6) is 0 Å². The minimum atomic E-state index is 0.483. The normalized spacial score (nSPS) is 27.7. The molecule has 0 spiro atoms. The Morgan fingerprint density at radius 1 is 1.67 bits per heavy atom. The number of hydrogen-bond acceptors (Lipinski definition) is 0. The summed E-state index contributed by atoms with van der Waals surface area (Å²) in [5, 5.41) is 0. The zero-order valence-corrected chi connectivity index (χ0v) is 7.93. The first kappa shape index (κ1) is 5.55. The fraction of sp³-hybridized carbons (Fsp3) is 1.00. The molecule has 0 saturated carbocycles. The maximum absolute atomic E-state index is 2.54. The molecule has 0 aliphatic carbocycles. The minimum absolute atomic E-state index is 0.483. The van der Waals surface area contributed by atoms with Gasteiger partial charge in [0.25, 0.3) is 0 Å². The molecule has 0 aromatic heterocycles. The predicted molar refractivity (Wildman–Crippen MR) is 29.9 cm³/mol. The van der Waals surface area contributed by atoms with Crippen LogP contribution in [0.25, 0.3) is 0 Å². The standard InChI is InChI=1S/C3H7I2N/c1-6(5-4)2-3-6/h2-3H2,1H3. The van der Waals surface area contributed by atoms with Crippen LogP contribution in [0.4, 0.5) is 0 Å². The van der Waals surface area contributed by atoms with Crippen LogP contribution in [0.2, 0.25) is 0 Å². The van der Waals surface area contributed by atoms with Crippen molar-refractivity contribution in [1.29, 1.82) is 0 Å². The van der Waals surface area contributed by atoms with E-state index < -0.39 is 0 Å². The second-order valence-corrected chi connectivity index (χ2v) is 6.92. The van der Waals surface area contributed by atoms with Gasteiger partial charge in [-0.2, -0.15) is 0 Å². The Balaban J connectivity index is 2.28. The third kappa shape index (κ3) is 1.19. The molecule has 0 amide bonds. The molecule has 1 heterocycles. The van der Waals surface area contributed by atoms with Crippen molar-refractivity contribution in [2.75, 3.05) is 20.1 Å². The Morgan fingerprint density at radius 3 is 2.17 bits per heavy atom. The zero-order chi connectivity index (χ0) is 4.62. The van der Waals surface area contributed by atoms with Crippen molar-refractivity contribution in [2.24, 2.45) is 0 Å². The number of nitrogens with zero attached hydrogens (tertiary/aromatic N) is 1. The summed E-state index contributed by atoms with van der Waals surface area (Å²) in [7, 11) is 2.33. The summed E-state index contributed by atoms with van der Waals surface area (Å²) < 4.78 is 1.42. The van der Waals surface area contributed by atoms with Crippen LogP contribution in [0.1, 0.15) is 0 Å². The molecule has 6 heavy (non-hydrogen) atoms. The van der Waals surface area contributed by atoms with E-state index in [-0.39, 0.29) is 0 Å². The van der Waals surface area contributed by atoms with Gasteiger partial charge in [-0.25, -0.2) is 0 Å². The van der Waals surface area contributed by atoms with Crippen LogP contribution in [0.3, 0.4) is 0 Å². The first-order valence-corrected chi connectivity index (χ1v) is 9.14. The van der Waals surface area contributed by atoms with E-state index in [4.69, 9.17) is 0 Å². The first-order valence-electron chi connectivity index (χ1n) is 1.89. The Kier molecular flexibility index (Phi) is 1.61. The number of halogens is 2. The molecule has 0 bridgehead atoms. The van der Waals surface area contributed by atoms with Gasteiger partial charge in [-0.15, -0.1) is 0 Å². The molecule has 1 saturated heterocycles. The van der Waals surface area contributed by atoms with Crippen LogP contribution in [0, 0.1) is 0 Å². The van der Waals surface area contributed by atoms with Gasteiger partial charge in [-0.1, -0.05) is 0 Å². The predicted octanol–water partition coefficient (Wildman–Crippen LogP) is -2.20. The van der Waals surface area contributed by atoms with E-state index in [9.17, 15) is 0 Å². The summed E-state index contributed by atoms with van der Waals surface area (Å²) in [5.74, 6) is 0. The summed E-state index contributed by atoms with van der Waals surface area (Å²) >= 11 is 3.02. The number of quaternary nitrogens is 1. The molecule has 0 radical (unpaired) electrons. The van der Waals surface area contributed by atoms with Gasteiger partial charge >= 0.3 is 59.0 Å². The van der Waals surface area contributed by atoms with E-state index >= 15 is 0 Å². The molecule has 38 valence electrons. The molecule has 0 aromatic rings. The molecule has 1 aliphatic heterocycles. The Hall–Kier alpha value is 1.42. The molecule has 0 unspecified atom stereocenters. The average molecular weight is 311 g/mol. The maximum atomic E-state index is 2.54. The van der Waals surface area contributed by atoms with Crippen LogP contribution >= 0.6 is 18.6 Å². The van der Waals surface area contributed by atoms with Gasteiger partial charge in [0.05, 0.1) is 0 Å². The third-order valence-corrected chi connectivity index (χ3v) is 8.75. The van der Waals surface area contributed by atoms with Crippen LogP contribution in [0.15, 0.2) is 0 Å². The van der Waals surface area contributed by atoms with Crippen LogP contribution in [-0.2, 0) is 0 Å². The van der Waals surface area contributed by atoms with Crippen molar-refractivity contribution < 1.29 is 20.2 Å². The number of rotatable bonds is 1. The molecule has 0 atom stereocenters. The number of hydrogen-bond donors (Lipinski definition) is 0. The monoisotopic (exact) mass is 311 g/mol. The van der Waals surface area contributed by atoms with Crippen molar-refractivity contribution in [1.82, 2.24) is 0 Å². The Bertz CT molecular complexity index is 59.8. The topological polar surface area (TPSA) is 0 Å². The molecule has 1 nitrogen and oxygen atoms in total. The van der Waals surface area contributed by atoms with Crippen LogP contribution in [-0.4, -0.2) is 22.8 Å². The summed E-state index contributed by atoms with van der Waals surface area (Å²) in [6, 6.07) is 0. The molecule has 3 heteroatoms. The van der Waals surface area contributed by atoms with Gasteiger partial charge in [0.1, 0.15) is 0 Å². The second kappa shape index (κ2) is 1.74. The molecular weight excluding hydrogens is 304 g/mol. The van der Waals surface area contributed by atoms with Gasteiger partial charge in [-0.05, 0) is 0 Å². The Labute approximate surface area is 58.5 Å². The second-order valence-electron chi connectivity index (χ2n) is 1.78. The average Bonchev–Trinajstić information content (AvgIpc) is 2.22. The van der Waals surface area contributed by atoms with Gasteiger partial charge in [0, 0.05) is 0 Å². The van der Waals surface area contributed by atoms with Crippen molar-refractivity contribution in [2.45, 2.75) is 0 Å². The first-order chi connectivity index (χ1) is 2.77. The molecule has 0 N–H and O–H groups in total. The summed E-state index contributed by atoms with van der Waals surface area (Å²) in [6.07, 6.45) is 0. The quantitative estimate of drug-likeness (QED) is 0.293. The van der Waals surface area contributed by atoms with E-state index in [0.717, 1.165) is 0 Å². The summed E-state index contributed by atoms with van der Waals surface area (Å²) in [4.78, 5) is 0. The van der Waals surface area contributed by atoms with E-state index in [0.29, 0.717) is 17.5 Å².